The second-order valence-corrected chi connectivity index (χ2v) is 9.86. The molecule has 0 aliphatic carbocycles. The summed E-state index contributed by atoms with van der Waals surface area (Å²) in [5.74, 6) is -0.373. The Kier molecular flexibility index (Phi) is 6.36. The van der Waals surface area contributed by atoms with Crippen molar-refractivity contribution in [3.8, 4) is 0 Å². The van der Waals surface area contributed by atoms with Gasteiger partial charge in [-0.1, -0.05) is 30.3 Å². The fourth-order valence-corrected chi connectivity index (χ4v) is 5.22. The van der Waals surface area contributed by atoms with Gasteiger partial charge in [-0.2, -0.15) is 5.10 Å². The summed E-state index contributed by atoms with van der Waals surface area (Å²) in [7, 11) is 0. The summed E-state index contributed by atoms with van der Waals surface area (Å²) in [6.45, 7) is 4.48. The summed E-state index contributed by atoms with van der Waals surface area (Å²) in [4.78, 5) is 15.7. The number of benzene rings is 2. The van der Waals surface area contributed by atoms with Crippen molar-refractivity contribution in [3.05, 3.63) is 65.6 Å². The fraction of sp³-hybridized carbons (Fsp3) is 0.440. The number of nitrogens with one attached hydrogen (secondary N) is 1. The van der Waals surface area contributed by atoms with Gasteiger partial charge in [0.25, 0.3) is 5.91 Å². The van der Waals surface area contributed by atoms with Crippen molar-refractivity contribution >= 4 is 28.4 Å². The molecule has 0 saturated carbocycles. The molecule has 0 spiro atoms. The van der Waals surface area contributed by atoms with Crippen LogP contribution in [-0.4, -0.2) is 57.3 Å². The Hall–Kier alpha value is -2.48. The molecule has 1 N–H and O–H groups in total. The lowest BCUT2D eigenvalue weighted by Gasteiger charge is -2.48. The summed E-state index contributed by atoms with van der Waals surface area (Å²) in [6, 6.07) is 14.9. The van der Waals surface area contributed by atoms with Gasteiger partial charge in [0, 0.05) is 30.1 Å². The van der Waals surface area contributed by atoms with E-state index in [-0.39, 0.29) is 35.2 Å². The molecular formula is C25H28ClFN4O2. The number of hydrogen-bond donors (Lipinski definition) is 1. The first-order valence-corrected chi connectivity index (χ1v) is 11.9. The van der Waals surface area contributed by atoms with Crippen LogP contribution in [0.4, 0.5) is 4.39 Å². The Morgan fingerprint density at radius 3 is 2.58 bits per heavy atom. The first-order chi connectivity index (χ1) is 16.0. The van der Waals surface area contributed by atoms with Crippen LogP contribution < -0.4 is 5.32 Å². The smallest absolute Gasteiger partial charge is 0.272 e. The number of amides is 1. The molecule has 0 radical (unpaired) electrons. The van der Waals surface area contributed by atoms with Crippen LogP contribution in [-0.2, 0) is 17.8 Å². The van der Waals surface area contributed by atoms with E-state index < -0.39 is 0 Å². The van der Waals surface area contributed by atoms with Crippen molar-refractivity contribution in [1.29, 1.82) is 0 Å². The van der Waals surface area contributed by atoms with Crippen molar-refractivity contribution < 1.29 is 13.9 Å². The van der Waals surface area contributed by atoms with E-state index in [0.29, 0.717) is 25.5 Å². The summed E-state index contributed by atoms with van der Waals surface area (Å²) in [5.41, 5.74) is 2.44. The maximum Gasteiger partial charge on any atom is 0.272 e. The second kappa shape index (κ2) is 9.41. The van der Waals surface area contributed by atoms with Gasteiger partial charge in [-0.3, -0.25) is 14.4 Å². The molecule has 1 aromatic heterocycles. The first kappa shape index (κ1) is 22.3. The molecule has 2 saturated heterocycles. The van der Waals surface area contributed by atoms with Crippen LogP contribution >= 0.6 is 11.6 Å². The van der Waals surface area contributed by atoms with Crippen molar-refractivity contribution in [1.82, 2.24) is 20.0 Å². The highest BCUT2D eigenvalue weighted by Gasteiger charge is 2.39. The van der Waals surface area contributed by atoms with Gasteiger partial charge < -0.3 is 10.1 Å². The van der Waals surface area contributed by atoms with E-state index in [4.69, 9.17) is 16.3 Å². The van der Waals surface area contributed by atoms with Gasteiger partial charge in [0.15, 0.2) is 5.69 Å². The highest BCUT2D eigenvalue weighted by Crippen LogP contribution is 2.30. The van der Waals surface area contributed by atoms with Gasteiger partial charge >= 0.3 is 0 Å². The molecule has 2 aromatic carbocycles. The maximum absolute atomic E-state index is 13.3. The molecule has 2 aliphatic heterocycles. The third-order valence-corrected chi connectivity index (χ3v) is 6.72. The molecule has 6 nitrogen and oxygen atoms in total. The van der Waals surface area contributed by atoms with E-state index in [0.717, 1.165) is 35.9 Å². The number of halogens is 2. The normalized spacial score (nSPS) is 24.0. The zero-order valence-corrected chi connectivity index (χ0v) is 19.3. The van der Waals surface area contributed by atoms with E-state index in [1.807, 2.05) is 48.0 Å². The molecule has 2 aliphatic rings. The number of aromatic nitrogens is 2. The number of alkyl halides is 1. The molecule has 174 valence electrons. The molecule has 1 amide bonds. The minimum Gasteiger partial charge on any atom is -0.378 e. The predicted octanol–water partition coefficient (Wildman–Crippen LogP) is 3.96. The zero-order valence-electron chi connectivity index (χ0n) is 18.6. The summed E-state index contributed by atoms with van der Waals surface area (Å²) in [6.07, 6.45) is 1.61. The van der Waals surface area contributed by atoms with Crippen LogP contribution in [0.5, 0.6) is 0 Å². The summed E-state index contributed by atoms with van der Waals surface area (Å²) < 4.78 is 20.9. The third kappa shape index (κ3) is 4.76. The van der Waals surface area contributed by atoms with Crippen LogP contribution in [0.3, 0.4) is 0 Å². The Morgan fingerprint density at radius 2 is 1.88 bits per heavy atom. The largest absolute Gasteiger partial charge is 0.378 e. The average molecular weight is 471 g/mol. The number of piperidine rings is 1. The molecule has 33 heavy (non-hydrogen) atoms. The lowest BCUT2D eigenvalue weighted by atomic mass is 9.89. The Morgan fingerprint density at radius 1 is 1.18 bits per heavy atom. The standard InChI is InChI=1S/C25H28ClFN4O2/c1-16(26)12-31-23-5-3-2-4-22(23)24(29-31)25(32)28-19-10-20-14-33-15-21(11-19)30(20)13-17-6-8-18(27)9-7-17/h2-9,16,19-21H,10-15H2,1H3,(H,28,32)/t16?,19-,20-,21+. The van der Waals surface area contributed by atoms with Gasteiger partial charge in [-0.05, 0) is 43.5 Å². The van der Waals surface area contributed by atoms with Gasteiger partial charge in [0.05, 0.1) is 30.7 Å². The van der Waals surface area contributed by atoms with Crippen LogP contribution in [0.15, 0.2) is 48.5 Å². The summed E-state index contributed by atoms with van der Waals surface area (Å²) >= 11 is 6.19. The fourth-order valence-electron chi connectivity index (χ4n) is 5.09. The van der Waals surface area contributed by atoms with Crippen LogP contribution in [0, 0.1) is 5.82 Å². The van der Waals surface area contributed by atoms with E-state index in [9.17, 15) is 9.18 Å². The van der Waals surface area contributed by atoms with E-state index in [1.54, 1.807) is 0 Å². The monoisotopic (exact) mass is 470 g/mol. The number of hydrogen-bond acceptors (Lipinski definition) is 4. The molecular weight excluding hydrogens is 443 g/mol. The van der Waals surface area contributed by atoms with Crippen LogP contribution in [0.1, 0.15) is 35.8 Å². The van der Waals surface area contributed by atoms with Gasteiger partial charge in [-0.25, -0.2) is 4.39 Å². The highest BCUT2D eigenvalue weighted by molar-refractivity contribution is 6.20. The highest BCUT2D eigenvalue weighted by atomic mass is 35.5. The molecule has 8 heteroatoms. The molecule has 3 aromatic rings. The Bertz CT molecular complexity index is 1120. The first-order valence-electron chi connectivity index (χ1n) is 11.5. The minimum atomic E-state index is -0.223. The molecule has 2 bridgehead atoms. The second-order valence-electron chi connectivity index (χ2n) is 9.11. The van der Waals surface area contributed by atoms with Crippen LogP contribution in [0.25, 0.3) is 10.9 Å². The number of morpholine rings is 1. The molecule has 1 unspecified atom stereocenters. The minimum absolute atomic E-state index is 0.0525. The number of carbonyl (C=O) groups excluding carboxylic acids is 1. The Balaban J connectivity index is 1.30. The number of nitrogens with zero attached hydrogens (tertiary/aromatic N) is 3. The van der Waals surface area contributed by atoms with E-state index in [1.165, 1.54) is 12.1 Å². The Labute approximate surface area is 197 Å². The predicted molar refractivity (Wildman–Crippen MR) is 126 cm³/mol. The molecule has 3 heterocycles. The lowest BCUT2D eigenvalue weighted by molar-refractivity contribution is -0.0843. The van der Waals surface area contributed by atoms with Crippen molar-refractivity contribution in [3.63, 3.8) is 0 Å². The summed E-state index contributed by atoms with van der Waals surface area (Å²) in [5, 5.41) is 8.58. The van der Waals surface area contributed by atoms with E-state index >= 15 is 0 Å². The quantitative estimate of drug-likeness (QED) is 0.554. The van der Waals surface area contributed by atoms with Gasteiger partial charge in [-0.15, -0.1) is 11.6 Å². The topological polar surface area (TPSA) is 59.4 Å². The molecule has 5 rings (SSSR count). The number of rotatable bonds is 6. The SMILES string of the molecule is CC(Cl)Cn1nc(C(=O)N[C@H]2C[C@H]3COC[C@@H](C2)N3Cc2ccc(F)cc2)c2ccccc21. The average Bonchev–Trinajstić information content (AvgIpc) is 3.14. The molecule has 2 fully saturated rings. The molecule has 4 atom stereocenters. The van der Waals surface area contributed by atoms with Crippen molar-refractivity contribution in [2.75, 3.05) is 13.2 Å². The number of para-hydroxylation sites is 1. The van der Waals surface area contributed by atoms with Crippen molar-refractivity contribution in [2.24, 2.45) is 0 Å². The lowest BCUT2D eigenvalue weighted by Crippen LogP contribution is -2.60. The van der Waals surface area contributed by atoms with Gasteiger partial charge in [0.1, 0.15) is 5.82 Å². The van der Waals surface area contributed by atoms with Gasteiger partial charge in [0.2, 0.25) is 0 Å². The number of fused-ring (bicyclic) bond motifs is 3. The zero-order chi connectivity index (χ0) is 22.9. The van der Waals surface area contributed by atoms with E-state index in [2.05, 4.69) is 15.3 Å². The van der Waals surface area contributed by atoms with Crippen molar-refractivity contribution in [2.45, 2.75) is 56.4 Å². The number of carbonyl (C=O) groups is 1. The maximum atomic E-state index is 13.3. The van der Waals surface area contributed by atoms with Crippen LogP contribution in [0.2, 0.25) is 0 Å². The third-order valence-electron chi connectivity index (χ3n) is 6.58. The number of ether oxygens (including phenoxy) is 1.